The predicted molar refractivity (Wildman–Crippen MR) is 136 cm³/mol. The SMILES string of the molecule is C#CC.COC(=O)C1CC(OC(C)=O)CC(Oc2ccc(COO)cc2[N+](=O)[O-])O1.O=[N+]([O-])c1ccc(O)cc1.[Y]. The maximum absolute atomic E-state index is 11.8. The second-order valence-corrected chi connectivity index (χ2v) is 7.79. The van der Waals surface area contributed by atoms with Gasteiger partial charge in [0.25, 0.3) is 5.69 Å². The monoisotopic (exact) mass is 653 g/mol. The number of methoxy groups -OCH3 is 1. The van der Waals surface area contributed by atoms with Crippen LogP contribution in [0, 0.1) is 32.6 Å². The van der Waals surface area contributed by atoms with Gasteiger partial charge in [0.2, 0.25) is 6.29 Å². The Morgan fingerprint density at radius 1 is 1.12 bits per heavy atom. The Bertz CT molecular complexity index is 1200. The number of aromatic hydroxyl groups is 1. The number of phenolic OH excluding ortho intramolecular Hbond substituents is 1. The van der Waals surface area contributed by atoms with Crippen molar-refractivity contribution >= 4 is 23.3 Å². The normalized spacial score (nSPS) is 16.9. The number of hydrogen-bond acceptors (Lipinski definition) is 13. The molecular weight excluding hydrogens is 625 g/mol. The first-order valence-corrected chi connectivity index (χ1v) is 11.4. The van der Waals surface area contributed by atoms with Gasteiger partial charge in [-0.3, -0.25) is 30.3 Å². The fraction of sp³-hybridized carbons (Fsp3) is 0.360. The molecule has 1 saturated heterocycles. The van der Waals surface area contributed by atoms with Crippen LogP contribution in [-0.2, 0) is 68.0 Å². The minimum absolute atomic E-state index is 0. The second-order valence-electron chi connectivity index (χ2n) is 7.79. The van der Waals surface area contributed by atoms with Gasteiger partial charge in [-0.2, -0.15) is 0 Å². The van der Waals surface area contributed by atoms with Gasteiger partial charge in [-0.25, -0.2) is 9.68 Å². The molecule has 2 aromatic rings. The number of terminal acetylenes is 1. The minimum Gasteiger partial charge on any atom is -0.508 e. The summed E-state index contributed by atoms with van der Waals surface area (Å²) in [5, 5.41) is 38.5. The van der Waals surface area contributed by atoms with E-state index in [2.05, 4.69) is 22.0 Å². The standard InChI is InChI=1S/C16H19NO10.C6H5NO3.C3H4.Y/c1-9(18)25-11-6-14(16(19)23-2)27-15(7-11)26-13-4-3-10(8-24-22)5-12(13)17(20)21;8-6-3-1-5(2-4-6)7(9)10;1-3-2;/h3-5,11,14-15,22H,6-8H2,1-2H3;1-4,8H;1H,2H3;. The molecule has 0 spiro atoms. The molecule has 2 N–H and O–H groups in total. The van der Waals surface area contributed by atoms with Crippen LogP contribution >= 0.6 is 0 Å². The van der Waals surface area contributed by atoms with Crippen molar-refractivity contribution in [2.45, 2.75) is 51.8 Å². The number of nitro benzene ring substituents is 2. The van der Waals surface area contributed by atoms with Crippen molar-refractivity contribution in [2.75, 3.05) is 7.11 Å². The molecule has 15 nitrogen and oxygen atoms in total. The average molecular weight is 653 g/mol. The largest absolute Gasteiger partial charge is 0.508 e. The number of carbonyl (C=O) groups is 2. The van der Waals surface area contributed by atoms with Crippen molar-refractivity contribution in [2.24, 2.45) is 0 Å². The molecule has 1 fully saturated rings. The first kappa shape index (κ1) is 37.3. The number of carbonyl (C=O) groups excluding carboxylic acids is 2. The molecule has 3 unspecified atom stereocenters. The number of hydrogen-bond donors (Lipinski definition) is 2. The molecule has 0 amide bonds. The smallest absolute Gasteiger partial charge is 0.335 e. The molecular formula is C25H28N2O13Y. The van der Waals surface area contributed by atoms with Crippen LogP contribution in [0.1, 0.15) is 32.3 Å². The van der Waals surface area contributed by atoms with E-state index in [-0.39, 0.29) is 75.0 Å². The number of non-ortho nitro benzene ring substituents is 1. The molecule has 0 saturated carbocycles. The van der Waals surface area contributed by atoms with Crippen molar-refractivity contribution in [3.63, 3.8) is 0 Å². The zero-order valence-electron chi connectivity index (χ0n) is 22.3. The Morgan fingerprint density at radius 3 is 2.22 bits per heavy atom. The molecule has 2 aromatic carbocycles. The molecule has 1 radical (unpaired) electrons. The first-order valence-electron chi connectivity index (χ1n) is 11.4. The molecule has 219 valence electrons. The number of benzene rings is 2. The van der Waals surface area contributed by atoms with Crippen LogP contribution in [0.2, 0.25) is 0 Å². The zero-order chi connectivity index (χ0) is 30.2. The van der Waals surface area contributed by atoms with E-state index in [9.17, 15) is 29.8 Å². The van der Waals surface area contributed by atoms with Crippen LogP contribution in [0.15, 0.2) is 42.5 Å². The summed E-state index contributed by atoms with van der Waals surface area (Å²) < 4.78 is 20.8. The third-order valence-electron chi connectivity index (χ3n) is 4.82. The molecule has 16 heteroatoms. The van der Waals surface area contributed by atoms with Gasteiger partial charge in [-0.15, -0.1) is 12.3 Å². The summed E-state index contributed by atoms with van der Waals surface area (Å²) in [6.07, 6.45) is 1.96. The van der Waals surface area contributed by atoms with E-state index in [1.165, 1.54) is 56.5 Å². The molecule has 1 heterocycles. The summed E-state index contributed by atoms with van der Waals surface area (Å²) in [6.45, 7) is 2.64. The van der Waals surface area contributed by atoms with Gasteiger partial charge >= 0.3 is 17.6 Å². The van der Waals surface area contributed by atoms with E-state index in [4.69, 9.17) is 24.6 Å². The van der Waals surface area contributed by atoms with Crippen molar-refractivity contribution in [1.29, 1.82) is 0 Å². The third-order valence-corrected chi connectivity index (χ3v) is 4.82. The maximum Gasteiger partial charge on any atom is 0.335 e. The molecule has 41 heavy (non-hydrogen) atoms. The van der Waals surface area contributed by atoms with Crippen molar-refractivity contribution in [3.05, 3.63) is 68.3 Å². The number of phenols is 1. The molecule has 1 aliphatic rings. The van der Waals surface area contributed by atoms with Crippen molar-refractivity contribution in [1.82, 2.24) is 0 Å². The third kappa shape index (κ3) is 13.5. The summed E-state index contributed by atoms with van der Waals surface area (Å²) in [5.41, 5.74) is -0.0403. The van der Waals surface area contributed by atoms with Crippen LogP contribution in [0.25, 0.3) is 0 Å². The van der Waals surface area contributed by atoms with Gasteiger partial charge in [-0.1, -0.05) is 6.07 Å². The maximum atomic E-state index is 11.8. The number of esters is 2. The predicted octanol–water partition coefficient (Wildman–Crippen LogP) is 3.51. The van der Waals surface area contributed by atoms with Crippen molar-refractivity contribution in [3.8, 4) is 23.8 Å². The van der Waals surface area contributed by atoms with Crippen LogP contribution < -0.4 is 4.74 Å². The van der Waals surface area contributed by atoms with Crippen LogP contribution in [0.5, 0.6) is 11.5 Å². The number of ether oxygens (including phenoxy) is 4. The van der Waals surface area contributed by atoms with E-state index in [0.717, 1.165) is 0 Å². The molecule has 3 rings (SSSR count). The fourth-order valence-corrected chi connectivity index (χ4v) is 3.22. The molecule has 3 atom stereocenters. The van der Waals surface area contributed by atoms with Gasteiger partial charge in [-0.05, 0) is 30.7 Å². The Kier molecular flexibility index (Phi) is 17.7. The number of rotatable bonds is 8. The van der Waals surface area contributed by atoms with Crippen LogP contribution in [0.4, 0.5) is 11.4 Å². The van der Waals surface area contributed by atoms with Crippen molar-refractivity contribution < 1.29 is 86.3 Å². The van der Waals surface area contributed by atoms with Gasteiger partial charge in [0.1, 0.15) is 18.5 Å². The number of nitro groups is 2. The summed E-state index contributed by atoms with van der Waals surface area (Å²) in [6, 6.07) is 9.00. The average Bonchev–Trinajstić information content (AvgIpc) is 2.89. The number of nitrogens with zero attached hydrogens (tertiary/aromatic N) is 2. The Hall–Kier alpha value is -3.68. The van der Waals surface area contributed by atoms with Crippen LogP contribution in [-0.4, -0.2) is 57.8 Å². The summed E-state index contributed by atoms with van der Waals surface area (Å²) >= 11 is 0. The molecule has 0 bridgehead atoms. The summed E-state index contributed by atoms with van der Waals surface area (Å²) in [7, 11) is 1.18. The Morgan fingerprint density at radius 2 is 1.73 bits per heavy atom. The second kappa shape index (κ2) is 19.4. The van der Waals surface area contributed by atoms with Gasteiger partial charge < -0.3 is 24.1 Å². The van der Waals surface area contributed by atoms with E-state index in [1.54, 1.807) is 6.92 Å². The first-order chi connectivity index (χ1) is 18.9. The summed E-state index contributed by atoms with van der Waals surface area (Å²) in [4.78, 5) is 47.1. The van der Waals surface area contributed by atoms with E-state index >= 15 is 0 Å². The Labute approximate surface area is 259 Å². The van der Waals surface area contributed by atoms with Crippen LogP contribution in [0.3, 0.4) is 0 Å². The molecule has 0 aliphatic carbocycles. The van der Waals surface area contributed by atoms with Gasteiger partial charge in [0.15, 0.2) is 11.9 Å². The van der Waals surface area contributed by atoms with E-state index < -0.39 is 40.3 Å². The zero-order valence-corrected chi connectivity index (χ0v) is 25.2. The van der Waals surface area contributed by atoms with Gasteiger partial charge in [0.05, 0.1) is 17.0 Å². The van der Waals surface area contributed by atoms with E-state index in [0.29, 0.717) is 5.56 Å². The van der Waals surface area contributed by atoms with E-state index in [1.807, 2.05) is 0 Å². The minimum atomic E-state index is -1.08. The fourth-order valence-electron chi connectivity index (χ4n) is 3.22. The summed E-state index contributed by atoms with van der Waals surface area (Å²) in [5.74, 6) is 0.957. The molecule has 1 aliphatic heterocycles. The quantitative estimate of drug-likeness (QED) is 0.138. The molecule has 0 aromatic heterocycles. The topological polar surface area (TPSA) is 207 Å². The van der Waals surface area contributed by atoms with Gasteiger partial charge in [0, 0.05) is 70.7 Å². The Balaban J connectivity index is 0.000000950.